The fraction of sp³-hybridized carbons (Fsp3) is 0.667. The largest absolute Gasteiger partial charge is 2.00 e. The average Bonchev–Trinajstić information content (AvgIpc) is 3.31. The van der Waals surface area contributed by atoms with Gasteiger partial charge in [-0.15, -0.1) is 0 Å². The smallest absolute Gasteiger partial charge is 0.744 e. The van der Waals surface area contributed by atoms with E-state index < -0.39 is 20.2 Å². The van der Waals surface area contributed by atoms with E-state index in [2.05, 4.69) is 39.8 Å². The molecule has 0 spiro atoms. The van der Waals surface area contributed by atoms with Gasteiger partial charge in [-0.2, -0.15) is 0 Å². The summed E-state index contributed by atoms with van der Waals surface area (Å²) in [6.45, 7) is 8.97. The molecule has 69 heavy (non-hydrogen) atoms. The van der Waals surface area contributed by atoms with E-state index in [1.807, 2.05) is 36.4 Å². The van der Waals surface area contributed by atoms with Gasteiger partial charge in [0.2, 0.25) is 0 Å². The number of rotatable bonds is 38. The molecule has 4 rings (SSSR count). The molecule has 0 atom stereocenters. The third-order valence-corrected chi connectivity index (χ3v) is 15.8. The summed E-state index contributed by atoms with van der Waals surface area (Å²) in [6.07, 6.45) is 44.4. The summed E-state index contributed by atoms with van der Waals surface area (Å²) in [7, 11) is -8.99. The minimum Gasteiger partial charge on any atom is -0.744 e. The van der Waals surface area contributed by atoms with Gasteiger partial charge in [0.15, 0.2) is 0 Å². The van der Waals surface area contributed by atoms with Crippen LogP contribution in [0.5, 0.6) is 0 Å². The van der Waals surface area contributed by atoms with Crippen LogP contribution in [-0.4, -0.2) is 63.7 Å². The van der Waals surface area contributed by atoms with Crippen LogP contribution in [0.25, 0.3) is 21.5 Å². The van der Waals surface area contributed by atoms with Crippen LogP contribution in [0.15, 0.2) is 70.5 Å². The molecule has 0 aromatic heterocycles. The Bertz CT molecular complexity index is 2030. The molecule has 0 aliphatic heterocycles. The van der Waals surface area contributed by atoms with Crippen molar-refractivity contribution in [1.29, 1.82) is 0 Å². The zero-order valence-electron chi connectivity index (χ0n) is 44.2. The molecule has 0 radical (unpaired) electrons. The Morgan fingerprint density at radius 2 is 0.551 bits per heavy atom. The first-order valence-electron chi connectivity index (χ1n) is 27.9. The van der Waals surface area contributed by atoms with Crippen LogP contribution in [0.1, 0.15) is 255 Å². The van der Waals surface area contributed by atoms with E-state index in [0.717, 1.165) is 84.4 Å². The summed E-state index contributed by atoms with van der Waals surface area (Å²) < 4.78 is 71.6. The molecular weight excluding hydrogens is 921 g/mol. The molecule has 384 valence electrons. The van der Waals surface area contributed by atoms with E-state index in [1.165, 1.54) is 192 Å². The zero-order valence-corrected chi connectivity index (χ0v) is 48.0. The van der Waals surface area contributed by atoms with Crippen molar-refractivity contribution in [3.63, 3.8) is 0 Å². The standard InChI is InChI=1S/2C30H48O3S.Ca/c2*1-3-5-7-9-11-13-15-17-19-26-21-23-28-27(20-18-16-14-12-10-8-6-4-2)22-24-30(29(28)25-26)34(31,32)33;/h2*21-25H,3-20H2,1-2H3,(H,31,32,33);/q;;+2/p-2. The van der Waals surface area contributed by atoms with Gasteiger partial charge in [0.25, 0.3) is 0 Å². The molecule has 4 aromatic rings. The van der Waals surface area contributed by atoms with Gasteiger partial charge in [-0.3, -0.25) is 0 Å². The topological polar surface area (TPSA) is 114 Å². The summed E-state index contributed by atoms with van der Waals surface area (Å²) in [5.74, 6) is 0. The van der Waals surface area contributed by atoms with E-state index in [0.29, 0.717) is 10.8 Å². The Hall–Kier alpha value is -1.52. The molecule has 0 bridgehead atoms. The third-order valence-electron chi connectivity index (χ3n) is 14.0. The quantitative estimate of drug-likeness (QED) is 0.0251. The van der Waals surface area contributed by atoms with Crippen molar-refractivity contribution in [3.05, 3.63) is 82.9 Å². The van der Waals surface area contributed by atoms with Crippen LogP contribution in [-0.2, 0) is 45.9 Å². The number of hydrogen-bond acceptors (Lipinski definition) is 6. The summed E-state index contributed by atoms with van der Waals surface area (Å²) in [5, 5.41) is 3.09. The Morgan fingerprint density at radius 1 is 0.304 bits per heavy atom. The molecule has 0 aliphatic rings. The Morgan fingerprint density at radius 3 is 0.812 bits per heavy atom. The number of unbranched alkanes of at least 4 members (excludes halogenated alkanes) is 28. The first kappa shape index (κ1) is 63.6. The predicted molar refractivity (Wildman–Crippen MR) is 295 cm³/mol. The number of benzene rings is 4. The zero-order chi connectivity index (χ0) is 49.3. The van der Waals surface area contributed by atoms with Crippen LogP contribution >= 0.6 is 0 Å². The maximum atomic E-state index is 11.9. The molecule has 0 fully saturated rings. The van der Waals surface area contributed by atoms with E-state index >= 15 is 0 Å². The molecule has 0 saturated heterocycles. The monoisotopic (exact) mass is 1010 g/mol. The fourth-order valence-electron chi connectivity index (χ4n) is 9.87. The Kier molecular flexibility index (Phi) is 35.1. The van der Waals surface area contributed by atoms with Crippen molar-refractivity contribution in [1.82, 2.24) is 0 Å². The van der Waals surface area contributed by atoms with E-state index in [-0.39, 0.29) is 47.5 Å². The van der Waals surface area contributed by atoms with Gasteiger partial charge in [0.05, 0.1) is 9.79 Å². The van der Waals surface area contributed by atoms with E-state index in [4.69, 9.17) is 0 Å². The second kappa shape index (κ2) is 38.1. The van der Waals surface area contributed by atoms with Gasteiger partial charge in [0, 0.05) is 0 Å². The average molecular weight is 1020 g/mol. The van der Waals surface area contributed by atoms with Crippen molar-refractivity contribution in [3.8, 4) is 0 Å². The number of fused-ring (bicyclic) bond motifs is 2. The molecule has 0 amide bonds. The van der Waals surface area contributed by atoms with E-state index in [9.17, 15) is 25.9 Å². The summed E-state index contributed by atoms with van der Waals surface area (Å²) in [6, 6.07) is 19.0. The molecule has 9 heteroatoms. The SMILES string of the molecule is CCCCCCCCCCc1ccc2c(CCCCCCCCCC)ccc(S(=O)(=O)[O-])c2c1.CCCCCCCCCCc1ccc2c(CCCCCCCCCC)ccc(S(=O)(=O)[O-])c2c1.[Ca+2]. The van der Waals surface area contributed by atoms with Crippen molar-refractivity contribution in [2.75, 3.05) is 0 Å². The van der Waals surface area contributed by atoms with Gasteiger partial charge in [0.1, 0.15) is 20.2 Å². The Labute approximate surface area is 453 Å². The predicted octanol–water partition coefficient (Wildman–Crippen LogP) is 17.8. The fourth-order valence-corrected chi connectivity index (χ4v) is 11.2. The number of aryl methyl sites for hydroxylation is 4. The second-order valence-electron chi connectivity index (χ2n) is 20.0. The van der Waals surface area contributed by atoms with E-state index in [1.54, 1.807) is 0 Å². The third kappa shape index (κ3) is 26.3. The molecule has 0 N–H and O–H groups in total. The summed E-state index contributed by atoms with van der Waals surface area (Å²) in [4.78, 5) is -0.139. The Balaban J connectivity index is 0.000000467. The van der Waals surface area contributed by atoms with Gasteiger partial charge in [-0.1, -0.05) is 244 Å². The van der Waals surface area contributed by atoms with Gasteiger partial charge < -0.3 is 9.11 Å². The van der Waals surface area contributed by atoms with Crippen LogP contribution < -0.4 is 0 Å². The van der Waals surface area contributed by atoms with Gasteiger partial charge >= 0.3 is 37.7 Å². The summed E-state index contributed by atoms with van der Waals surface area (Å²) >= 11 is 0. The molecule has 0 aliphatic carbocycles. The molecule has 0 unspecified atom stereocenters. The maximum Gasteiger partial charge on any atom is 2.00 e. The van der Waals surface area contributed by atoms with Crippen molar-refractivity contribution < 1.29 is 25.9 Å². The minimum atomic E-state index is -4.49. The van der Waals surface area contributed by atoms with Crippen molar-refractivity contribution >= 4 is 79.5 Å². The van der Waals surface area contributed by atoms with Crippen molar-refractivity contribution in [2.24, 2.45) is 0 Å². The first-order chi connectivity index (χ1) is 32.9. The second-order valence-corrected chi connectivity index (χ2v) is 22.7. The molecular formula is C60H94CaO6S2. The van der Waals surface area contributed by atoms with Gasteiger partial charge in [-0.25, -0.2) is 16.8 Å². The molecule has 0 heterocycles. The van der Waals surface area contributed by atoms with Crippen LogP contribution in [0.2, 0.25) is 0 Å². The van der Waals surface area contributed by atoms with Gasteiger partial charge in [-0.05, 0) is 119 Å². The van der Waals surface area contributed by atoms with Crippen LogP contribution in [0.3, 0.4) is 0 Å². The first-order valence-corrected chi connectivity index (χ1v) is 30.8. The normalized spacial score (nSPS) is 11.8. The summed E-state index contributed by atoms with van der Waals surface area (Å²) in [5.41, 5.74) is 4.58. The molecule has 4 aromatic carbocycles. The number of hydrogen-bond donors (Lipinski definition) is 0. The minimum absolute atomic E-state index is 0. The molecule has 0 saturated carbocycles. The van der Waals surface area contributed by atoms with Crippen LogP contribution in [0.4, 0.5) is 0 Å². The molecule has 6 nitrogen and oxygen atoms in total. The van der Waals surface area contributed by atoms with Crippen LogP contribution in [0, 0.1) is 0 Å². The van der Waals surface area contributed by atoms with Crippen molar-refractivity contribution in [2.45, 2.75) is 269 Å². The maximum absolute atomic E-state index is 11.9.